The van der Waals surface area contributed by atoms with Crippen LogP contribution in [0.4, 0.5) is 0 Å². The number of nitrogens with two attached hydrogens (primary N) is 1. The van der Waals surface area contributed by atoms with Crippen molar-refractivity contribution >= 4 is 0 Å². The highest BCUT2D eigenvalue weighted by molar-refractivity contribution is 5.03. The Kier molecular flexibility index (Phi) is 4.68. The summed E-state index contributed by atoms with van der Waals surface area (Å²) in [4.78, 5) is 5.28. The molecule has 3 heteroatoms. The molecule has 18 heavy (non-hydrogen) atoms. The molecule has 0 aromatic rings. The molecule has 3 nitrogen and oxygen atoms in total. The lowest BCUT2D eigenvalue weighted by atomic mass is 9.81. The van der Waals surface area contributed by atoms with Crippen LogP contribution < -0.4 is 5.73 Å². The highest BCUT2D eigenvalue weighted by Crippen LogP contribution is 2.39. The van der Waals surface area contributed by atoms with Crippen LogP contribution in [0.5, 0.6) is 0 Å². The molecule has 2 aliphatic rings. The van der Waals surface area contributed by atoms with Gasteiger partial charge in [0.05, 0.1) is 0 Å². The largest absolute Gasteiger partial charge is 0.329 e. The molecule has 0 spiro atoms. The maximum absolute atomic E-state index is 6.22. The maximum atomic E-state index is 6.22. The smallest absolute Gasteiger partial charge is 0.0361 e. The Balaban J connectivity index is 2.08. The Hall–Kier alpha value is -0.120. The average Bonchev–Trinajstić information content (AvgIpc) is 3.18. The molecule has 1 aliphatic carbocycles. The SMILES string of the molecule is CCCCN(C1CC1)C1(CN)CCN(C)C(C)C1. The number of hydrogen-bond acceptors (Lipinski definition) is 3. The molecule has 0 radical (unpaired) electrons. The van der Waals surface area contributed by atoms with Crippen LogP contribution in [0.1, 0.15) is 52.4 Å². The molecule has 0 amide bonds. The third-order valence-electron chi connectivity index (χ3n) is 5.09. The number of unbranched alkanes of at least 4 members (excludes halogenated alkanes) is 1. The number of hydrogen-bond donors (Lipinski definition) is 1. The predicted molar refractivity (Wildman–Crippen MR) is 77.7 cm³/mol. The van der Waals surface area contributed by atoms with Gasteiger partial charge in [0.25, 0.3) is 0 Å². The second-order valence-electron chi connectivity index (χ2n) is 6.49. The number of piperidine rings is 1. The zero-order chi connectivity index (χ0) is 13.2. The third kappa shape index (κ3) is 2.89. The van der Waals surface area contributed by atoms with Gasteiger partial charge >= 0.3 is 0 Å². The summed E-state index contributed by atoms with van der Waals surface area (Å²) in [5.74, 6) is 0. The van der Waals surface area contributed by atoms with Crippen molar-refractivity contribution in [2.75, 3.05) is 26.7 Å². The lowest BCUT2D eigenvalue weighted by Crippen LogP contribution is -2.61. The Morgan fingerprint density at radius 2 is 2.11 bits per heavy atom. The summed E-state index contributed by atoms with van der Waals surface area (Å²) in [6, 6.07) is 1.51. The van der Waals surface area contributed by atoms with Crippen LogP contribution in [0.3, 0.4) is 0 Å². The number of nitrogens with zero attached hydrogens (tertiary/aromatic N) is 2. The molecule has 2 N–H and O–H groups in total. The van der Waals surface area contributed by atoms with Crippen molar-refractivity contribution in [1.29, 1.82) is 0 Å². The fourth-order valence-electron chi connectivity index (χ4n) is 3.50. The fourth-order valence-corrected chi connectivity index (χ4v) is 3.50. The van der Waals surface area contributed by atoms with Crippen molar-refractivity contribution in [2.24, 2.45) is 5.73 Å². The van der Waals surface area contributed by atoms with Crippen LogP contribution >= 0.6 is 0 Å². The molecule has 106 valence electrons. The van der Waals surface area contributed by atoms with Gasteiger partial charge in [0.1, 0.15) is 0 Å². The molecule has 2 atom stereocenters. The Labute approximate surface area is 113 Å². The number of rotatable bonds is 6. The van der Waals surface area contributed by atoms with E-state index in [0.717, 1.165) is 12.6 Å². The van der Waals surface area contributed by atoms with Gasteiger partial charge in [-0.15, -0.1) is 0 Å². The van der Waals surface area contributed by atoms with Crippen molar-refractivity contribution in [1.82, 2.24) is 9.80 Å². The molecule has 0 aromatic heterocycles. The van der Waals surface area contributed by atoms with E-state index in [1.165, 1.54) is 51.6 Å². The van der Waals surface area contributed by atoms with Crippen LogP contribution in [-0.2, 0) is 0 Å². The van der Waals surface area contributed by atoms with Crippen molar-refractivity contribution in [2.45, 2.75) is 70.0 Å². The van der Waals surface area contributed by atoms with Gasteiger partial charge in [-0.05, 0) is 59.2 Å². The minimum Gasteiger partial charge on any atom is -0.329 e. The summed E-state index contributed by atoms with van der Waals surface area (Å²) in [6.45, 7) is 7.94. The molecule has 2 unspecified atom stereocenters. The second-order valence-corrected chi connectivity index (χ2v) is 6.49. The van der Waals surface area contributed by atoms with E-state index in [1.54, 1.807) is 0 Å². The van der Waals surface area contributed by atoms with Crippen LogP contribution in [-0.4, -0.2) is 54.1 Å². The lowest BCUT2D eigenvalue weighted by molar-refractivity contribution is 0.00386. The Morgan fingerprint density at radius 3 is 2.61 bits per heavy atom. The standard InChI is InChI=1S/C15H31N3/c1-4-5-9-18(14-6-7-14)15(12-16)8-10-17(3)13(2)11-15/h13-14H,4-12,16H2,1-3H3. The highest BCUT2D eigenvalue weighted by Gasteiger charge is 2.45. The van der Waals surface area contributed by atoms with Crippen molar-refractivity contribution in [3.63, 3.8) is 0 Å². The molecule has 1 saturated heterocycles. The monoisotopic (exact) mass is 253 g/mol. The van der Waals surface area contributed by atoms with Gasteiger partial charge in [-0.2, -0.15) is 0 Å². The first-order valence-corrected chi connectivity index (χ1v) is 7.80. The van der Waals surface area contributed by atoms with Crippen LogP contribution in [0.15, 0.2) is 0 Å². The van der Waals surface area contributed by atoms with Crippen molar-refractivity contribution in [3.05, 3.63) is 0 Å². The molecule has 2 fully saturated rings. The predicted octanol–water partition coefficient (Wildman–Crippen LogP) is 2.06. The van der Waals surface area contributed by atoms with E-state index in [1.807, 2.05) is 0 Å². The first-order valence-electron chi connectivity index (χ1n) is 7.80. The Bertz CT molecular complexity index is 264. The molecular formula is C15H31N3. The van der Waals surface area contributed by atoms with Crippen LogP contribution in [0, 0.1) is 0 Å². The van der Waals surface area contributed by atoms with Gasteiger partial charge in [0, 0.05) is 24.2 Å². The van der Waals surface area contributed by atoms with Crippen molar-refractivity contribution in [3.8, 4) is 0 Å². The number of likely N-dealkylation sites (tertiary alicyclic amines) is 1. The van der Waals surface area contributed by atoms with Crippen LogP contribution in [0.2, 0.25) is 0 Å². The molecule has 1 saturated carbocycles. The summed E-state index contributed by atoms with van der Waals surface area (Å²) in [5, 5.41) is 0. The summed E-state index contributed by atoms with van der Waals surface area (Å²) in [7, 11) is 2.25. The fraction of sp³-hybridized carbons (Fsp3) is 1.00. The summed E-state index contributed by atoms with van der Waals surface area (Å²) in [5.41, 5.74) is 6.52. The summed E-state index contributed by atoms with van der Waals surface area (Å²) in [6.07, 6.45) is 7.91. The average molecular weight is 253 g/mol. The Morgan fingerprint density at radius 1 is 1.39 bits per heavy atom. The van der Waals surface area contributed by atoms with Gasteiger partial charge in [0.15, 0.2) is 0 Å². The molecule has 1 heterocycles. The molecular weight excluding hydrogens is 222 g/mol. The zero-order valence-electron chi connectivity index (χ0n) is 12.5. The minimum atomic E-state index is 0.294. The van der Waals surface area contributed by atoms with E-state index in [2.05, 4.69) is 30.7 Å². The first kappa shape index (κ1) is 14.3. The summed E-state index contributed by atoms with van der Waals surface area (Å²) < 4.78 is 0. The van der Waals surface area contributed by atoms with E-state index in [0.29, 0.717) is 11.6 Å². The lowest BCUT2D eigenvalue weighted by Gasteiger charge is -2.50. The molecule has 0 aromatic carbocycles. The van der Waals surface area contributed by atoms with Gasteiger partial charge < -0.3 is 10.6 Å². The van der Waals surface area contributed by atoms with Gasteiger partial charge in [-0.1, -0.05) is 13.3 Å². The molecule has 1 aliphatic heterocycles. The van der Waals surface area contributed by atoms with Crippen molar-refractivity contribution < 1.29 is 0 Å². The topological polar surface area (TPSA) is 32.5 Å². The van der Waals surface area contributed by atoms with E-state index in [-0.39, 0.29) is 0 Å². The van der Waals surface area contributed by atoms with E-state index in [9.17, 15) is 0 Å². The van der Waals surface area contributed by atoms with E-state index in [4.69, 9.17) is 5.73 Å². The van der Waals surface area contributed by atoms with Gasteiger partial charge in [0.2, 0.25) is 0 Å². The summed E-state index contributed by atoms with van der Waals surface area (Å²) >= 11 is 0. The molecule has 0 bridgehead atoms. The van der Waals surface area contributed by atoms with Crippen LogP contribution in [0.25, 0.3) is 0 Å². The first-order chi connectivity index (χ1) is 8.63. The normalized spacial score (nSPS) is 34.2. The molecule has 2 rings (SSSR count). The van der Waals surface area contributed by atoms with Gasteiger partial charge in [-0.25, -0.2) is 0 Å². The highest BCUT2D eigenvalue weighted by atomic mass is 15.3. The maximum Gasteiger partial charge on any atom is 0.0361 e. The van der Waals surface area contributed by atoms with E-state index < -0.39 is 0 Å². The quantitative estimate of drug-likeness (QED) is 0.786. The van der Waals surface area contributed by atoms with E-state index >= 15 is 0 Å². The van der Waals surface area contributed by atoms with Gasteiger partial charge in [-0.3, -0.25) is 4.90 Å². The third-order valence-corrected chi connectivity index (χ3v) is 5.09. The second kappa shape index (κ2) is 5.89. The zero-order valence-corrected chi connectivity index (χ0v) is 12.5. The minimum absolute atomic E-state index is 0.294.